The summed E-state index contributed by atoms with van der Waals surface area (Å²) in [6.07, 6.45) is -4.30. The molecule has 0 bridgehead atoms. The molecule has 78 valence electrons. The Morgan fingerprint density at radius 3 is 2.73 bits per heavy atom. The van der Waals surface area contributed by atoms with Gasteiger partial charge in [-0.1, -0.05) is 6.07 Å². The third-order valence-corrected chi connectivity index (χ3v) is 1.46. The lowest BCUT2D eigenvalue weighted by Crippen LogP contribution is -2.34. The van der Waals surface area contributed by atoms with Crippen LogP contribution in [0.3, 0.4) is 0 Å². The summed E-state index contributed by atoms with van der Waals surface area (Å²) in [6.45, 7) is 0. The third-order valence-electron chi connectivity index (χ3n) is 1.46. The van der Waals surface area contributed by atoms with Crippen LogP contribution in [-0.4, -0.2) is 17.2 Å². The standard InChI is InChI=1S/C9H5F2NO3/c10-9(11,8(13)14)15-7-3-1-2-6(4-7)5-12/h1-4H,(H,13,14). The quantitative estimate of drug-likeness (QED) is 0.827. The highest BCUT2D eigenvalue weighted by atomic mass is 19.3. The van der Waals surface area contributed by atoms with Crippen molar-refractivity contribution in [2.75, 3.05) is 0 Å². The molecule has 0 spiro atoms. The summed E-state index contributed by atoms with van der Waals surface area (Å²) in [5.74, 6) is -2.76. The average Bonchev–Trinajstić information content (AvgIpc) is 2.17. The Morgan fingerprint density at radius 1 is 1.53 bits per heavy atom. The first kappa shape index (κ1) is 10.9. The van der Waals surface area contributed by atoms with E-state index in [9.17, 15) is 13.6 Å². The number of rotatable bonds is 3. The number of halogens is 2. The molecule has 6 heteroatoms. The summed E-state index contributed by atoms with van der Waals surface area (Å²) in [4.78, 5) is 10.0. The molecule has 0 unspecified atom stereocenters. The fourth-order valence-corrected chi connectivity index (χ4v) is 0.821. The molecule has 1 N–H and O–H groups in total. The molecule has 0 saturated carbocycles. The van der Waals surface area contributed by atoms with Gasteiger partial charge in [0, 0.05) is 0 Å². The van der Waals surface area contributed by atoms with Crippen LogP contribution in [0.25, 0.3) is 0 Å². The van der Waals surface area contributed by atoms with E-state index in [1.807, 2.05) is 0 Å². The van der Waals surface area contributed by atoms with Crippen LogP contribution in [0.2, 0.25) is 0 Å². The van der Waals surface area contributed by atoms with Gasteiger partial charge in [-0.3, -0.25) is 0 Å². The number of ether oxygens (including phenoxy) is 1. The molecule has 0 heterocycles. The van der Waals surface area contributed by atoms with Gasteiger partial charge in [-0.25, -0.2) is 4.79 Å². The molecule has 0 aliphatic carbocycles. The zero-order valence-electron chi connectivity index (χ0n) is 7.28. The van der Waals surface area contributed by atoms with Gasteiger partial charge in [0.2, 0.25) is 0 Å². The zero-order valence-corrected chi connectivity index (χ0v) is 7.28. The number of alkyl halides is 2. The molecular weight excluding hydrogens is 208 g/mol. The maximum Gasteiger partial charge on any atom is 0.501 e. The lowest BCUT2D eigenvalue weighted by molar-refractivity contribution is -0.210. The fourth-order valence-electron chi connectivity index (χ4n) is 0.821. The summed E-state index contributed by atoms with van der Waals surface area (Å²) in [6, 6.07) is 6.56. The van der Waals surface area contributed by atoms with E-state index in [1.165, 1.54) is 12.1 Å². The van der Waals surface area contributed by atoms with Crippen LogP contribution in [0.5, 0.6) is 5.75 Å². The number of hydrogen-bond donors (Lipinski definition) is 1. The Balaban J connectivity index is 2.91. The van der Waals surface area contributed by atoms with Crippen LogP contribution in [0, 0.1) is 11.3 Å². The first-order valence-electron chi connectivity index (χ1n) is 3.76. The largest absolute Gasteiger partial charge is 0.501 e. The molecule has 0 aromatic heterocycles. The van der Waals surface area contributed by atoms with Crippen molar-refractivity contribution in [3.63, 3.8) is 0 Å². The zero-order chi connectivity index (χ0) is 11.5. The lowest BCUT2D eigenvalue weighted by atomic mass is 10.2. The molecule has 1 aromatic carbocycles. The number of carbonyl (C=O) groups is 1. The highest BCUT2D eigenvalue weighted by Crippen LogP contribution is 2.22. The van der Waals surface area contributed by atoms with Gasteiger partial charge < -0.3 is 9.84 Å². The van der Waals surface area contributed by atoms with Crippen molar-refractivity contribution in [3.05, 3.63) is 29.8 Å². The number of hydrogen-bond acceptors (Lipinski definition) is 3. The maximum atomic E-state index is 12.6. The van der Waals surface area contributed by atoms with Crippen LogP contribution >= 0.6 is 0 Å². The molecule has 0 amide bonds. The molecule has 15 heavy (non-hydrogen) atoms. The Labute approximate surface area is 83.3 Å². The fraction of sp³-hybridized carbons (Fsp3) is 0.111. The van der Waals surface area contributed by atoms with Crippen molar-refractivity contribution < 1.29 is 23.4 Å². The van der Waals surface area contributed by atoms with Gasteiger partial charge in [-0.05, 0) is 18.2 Å². The van der Waals surface area contributed by atoms with Crippen molar-refractivity contribution in [1.29, 1.82) is 5.26 Å². The third kappa shape index (κ3) is 2.64. The lowest BCUT2D eigenvalue weighted by Gasteiger charge is -2.12. The van der Waals surface area contributed by atoms with Crippen molar-refractivity contribution in [1.82, 2.24) is 0 Å². The highest BCUT2D eigenvalue weighted by Gasteiger charge is 2.42. The van der Waals surface area contributed by atoms with Gasteiger partial charge in [0.25, 0.3) is 0 Å². The Morgan fingerprint density at radius 2 is 2.20 bits per heavy atom. The SMILES string of the molecule is N#Cc1cccc(OC(F)(F)C(=O)O)c1. The molecule has 0 saturated heterocycles. The van der Waals surface area contributed by atoms with E-state index in [0.717, 1.165) is 12.1 Å². The molecule has 0 aliphatic rings. The van der Waals surface area contributed by atoms with Crippen LogP contribution in [0.1, 0.15) is 5.56 Å². The van der Waals surface area contributed by atoms with E-state index < -0.39 is 12.1 Å². The summed E-state index contributed by atoms with van der Waals surface area (Å²) in [5.41, 5.74) is 0.105. The minimum absolute atomic E-state index is 0.105. The number of benzene rings is 1. The first-order chi connectivity index (χ1) is 6.95. The molecule has 4 nitrogen and oxygen atoms in total. The van der Waals surface area contributed by atoms with E-state index in [0.29, 0.717) is 0 Å². The van der Waals surface area contributed by atoms with Crippen LogP contribution < -0.4 is 4.74 Å². The van der Waals surface area contributed by atoms with Crippen molar-refractivity contribution in [3.8, 4) is 11.8 Å². The Kier molecular flexibility index (Phi) is 2.85. The summed E-state index contributed by atoms with van der Waals surface area (Å²) in [5, 5.41) is 16.5. The number of nitriles is 1. The molecule has 0 radical (unpaired) electrons. The average molecular weight is 213 g/mol. The normalized spacial score (nSPS) is 10.5. The monoisotopic (exact) mass is 213 g/mol. The van der Waals surface area contributed by atoms with E-state index in [2.05, 4.69) is 4.74 Å². The second-order valence-corrected chi connectivity index (χ2v) is 2.56. The minimum Gasteiger partial charge on any atom is -0.474 e. The number of carboxylic acid groups (broad SMARTS) is 1. The van der Waals surface area contributed by atoms with Gasteiger partial charge in [-0.15, -0.1) is 0 Å². The molecule has 1 aromatic rings. The summed E-state index contributed by atoms with van der Waals surface area (Å²) < 4.78 is 29.0. The molecular formula is C9H5F2NO3. The number of nitrogens with zero attached hydrogens (tertiary/aromatic N) is 1. The smallest absolute Gasteiger partial charge is 0.474 e. The molecule has 0 fully saturated rings. The Hall–Kier alpha value is -2.16. The van der Waals surface area contributed by atoms with Gasteiger partial charge in [0.15, 0.2) is 0 Å². The first-order valence-corrected chi connectivity index (χ1v) is 3.76. The molecule has 1 rings (SSSR count). The van der Waals surface area contributed by atoms with E-state index in [-0.39, 0.29) is 11.3 Å². The van der Waals surface area contributed by atoms with Crippen molar-refractivity contribution in [2.24, 2.45) is 0 Å². The topological polar surface area (TPSA) is 70.3 Å². The van der Waals surface area contributed by atoms with Crippen molar-refractivity contribution >= 4 is 5.97 Å². The second kappa shape index (κ2) is 3.92. The van der Waals surface area contributed by atoms with Crippen LogP contribution in [0.4, 0.5) is 8.78 Å². The maximum absolute atomic E-state index is 12.6. The van der Waals surface area contributed by atoms with Gasteiger partial charge in [-0.2, -0.15) is 14.0 Å². The van der Waals surface area contributed by atoms with Gasteiger partial charge in [0.1, 0.15) is 5.75 Å². The summed E-state index contributed by atoms with van der Waals surface area (Å²) in [7, 11) is 0. The minimum atomic E-state index is -4.30. The second-order valence-electron chi connectivity index (χ2n) is 2.56. The van der Waals surface area contributed by atoms with E-state index >= 15 is 0 Å². The van der Waals surface area contributed by atoms with Crippen LogP contribution in [-0.2, 0) is 4.79 Å². The predicted molar refractivity (Wildman–Crippen MR) is 44.4 cm³/mol. The summed E-state index contributed by atoms with van der Waals surface area (Å²) >= 11 is 0. The number of aliphatic carboxylic acids is 1. The van der Waals surface area contributed by atoms with E-state index in [4.69, 9.17) is 10.4 Å². The van der Waals surface area contributed by atoms with E-state index in [1.54, 1.807) is 6.07 Å². The van der Waals surface area contributed by atoms with Crippen molar-refractivity contribution in [2.45, 2.75) is 6.11 Å². The van der Waals surface area contributed by atoms with Gasteiger partial charge >= 0.3 is 12.1 Å². The number of carboxylic acids is 1. The Bertz CT molecular complexity index is 426. The molecule has 0 atom stereocenters. The molecule has 0 aliphatic heterocycles. The van der Waals surface area contributed by atoms with Gasteiger partial charge in [0.05, 0.1) is 11.6 Å². The highest BCUT2D eigenvalue weighted by molar-refractivity contribution is 5.73. The predicted octanol–water partition coefficient (Wildman–Crippen LogP) is 1.61. The van der Waals surface area contributed by atoms with Crippen LogP contribution in [0.15, 0.2) is 24.3 Å².